The van der Waals surface area contributed by atoms with Crippen LogP contribution in [0.3, 0.4) is 0 Å². The molecule has 60 heavy (non-hydrogen) atoms. The minimum Gasteiger partial charge on any atom is -1.00 e. The molecule has 11 rings (SSSR count). The largest absolute Gasteiger partial charge is 1.00 e. The lowest BCUT2D eigenvalue weighted by Crippen LogP contribution is -3.00. The van der Waals surface area contributed by atoms with Gasteiger partial charge in [0.05, 0.1) is 0 Å². The minimum atomic E-state index is 0. The molecule has 3 heterocycles. The second-order valence-corrected chi connectivity index (χ2v) is 15.4. The fourth-order valence-corrected chi connectivity index (χ4v) is 9.11. The molecule has 8 aromatic carbocycles. The van der Waals surface area contributed by atoms with E-state index in [0.717, 1.165) is 43.1 Å². The number of imidazole rings is 2. The van der Waals surface area contributed by atoms with Gasteiger partial charge in [0.25, 0.3) is 0 Å². The third-order valence-electron chi connectivity index (χ3n) is 11.8. The molecule has 296 valence electrons. The zero-order valence-corrected chi connectivity index (χ0v) is 33.7. The Morgan fingerprint density at radius 1 is 0.383 bits per heavy atom. The van der Waals surface area contributed by atoms with Gasteiger partial charge in [0.2, 0.25) is 12.7 Å². The van der Waals surface area contributed by atoms with Crippen LogP contribution in [0, 0.1) is 0 Å². The van der Waals surface area contributed by atoms with E-state index in [1.807, 2.05) is 177 Å². The number of nitrogens with zero attached hydrogens (tertiary/aromatic N) is 4. The molecule has 4 N–H and O–H groups in total. The molecule has 10 heteroatoms. The van der Waals surface area contributed by atoms with Crippen molar-refractivity contribution < 1.29 is 54.4 Å². The van der Waals surface area contributed by atoms with Crippen LogP contribution in [0.25, 0.3) is 65.3 Å². The number of phenolic OH excluding ortho intramolecular Hbond substituents is 4. The summed E-state index contributed by atoms with van der Waals surface area (Å²) in [6, 6.07) is 40.0. The highest BCUT2D eigenvalue weighted by Gasteiger charge is 2.26. The quantitative estimate of drug-likeness (QED) is 0.177. The van der Waals surface area contributed by atoms with Crippen molar-refractivity contribution in [1.29, 1.82) is 0 Å². The zero-order chi connectivity index (χ0) is 39.1. The number of rotatable bonds is 0. The summed E-state index contributed by atoms with van der Waals surface area (Å²) >= 11 is 0. The van der Waals surface area contributed by atoms with Crippen LogP contribution >= 0.6 is 0 Å². The van der Waals surface area contributed by atoms with E-state index in [-0.39, 0.29) is 47.8 Å². The molecule has 0 atom stereocenters. The highest BCUT2D eigenvalue weighted by Crippen LogP contribution is 2.49. The molecule has 0 unspecified atom stereocenters. The van der Waals surface area contributed by atoms with Crippen molar-refractivity contribution in [3.63, 3.8) is 0 Å². The Morgan fingerprint density at radius 3 is 1.00 bits per heavy atom. The number of halogens is 2. The van der Waals surface area contributed by atoms with Crippen molar-refractivity contribution in [3.8, 4) is 45.3 Å². The van der Waals surface area contributed by atoms with Gasteiger partial charge in [-0.05, 0) is 67.4 Å². The van der Waals surface area contributed by atoms with E-state index in [9.17, 15) is 20.4 Å². The van der Waals surface area contributed by atoms with Gasteiger partial charge in [-0.3, -0.25) is 0 Å². The molecule has 0 amide bonds. The van der Waals surface area contributed by atoms with Crippen LogP contribution in [0.15, 0.2) is 159 Å². The molecule has 0 saturated heterocycles. The van der Waals surface area contributed by atoms with Gasteiger partial charge in [-0.25, -0.2) is 18.3 Å². The first-order valence-electron chi connectivity index (χ1n) is 19.4. The summed E-state index contributed by atoms with van der Waals surface area (Å²) in [6.07, 6.45) is 11.8. The number of benzene rings is 8. The molecule has 0 radical (unpaired) electrons. The molecular formula is C50H38Cl2N4O4. The topological polar surface area (TPSA) is 98.5 Å². The normalized spacial score (nSPS) is 12.4. The maximum atomic E-state index is 12.3. The minimum absolute atomic E-state index is 0. The maximum Gasteiger partial charge on any atom is 0.244 e. The first-order chi connectivity index (χ1) is 28.4. The third-order valence-corrected chi connectivity index (χ3v) is 11.8. The van der Waals surface area contributed by atoms with Crippen molar-refractivity contribution in [1.82, 2.24) is 9.13 Å². The number of hydrogen-bond donors (Lipinski definition) is 4. The van der Waals surface area contributed by atoms with Gasteiger partial charge in [-0.15, -0.1) is 0 Å². The zero-order valence-electron chi connectivity index (χ0n) is 32.2. The Morgan fingerprint density at radius 2 is 0.667 bits per heavy atom. The summed E-state index contributed by atoms with van der Waals surface area (Å²) in [5.74, 6) is 0.454. The van der Waals surface area contributed by atoms with Crippen LogP contribution in [0.4, 0.5) is 0 Å². The van der Waals surface area contributed by atoms with E-state index in [2.05, 4.69) is 0 Å². The molecule has 0 spiro atoms. The number of hydrogen-bond acceptors (Lipinski definition) is 4. The van der Waals surface area contributed by atoms with Gasteiger partial charge < -0.3 is 45.2 Å². The van der Waals surface area contributed by atoms with E-state index in [0.29, 0.717) is 70.7 Å². The van der Waals surface area contributed by atoms with Crippen LogP contribution in [0.2, 0.25) is 0 Å². The molecule has 2 aromatic heterocycles. The van der Waals surface area contributed by atoms with Gasteiger partial charge in [0.1, 0.15) is 74.0 Å². The second-order valence-electron chi connectivity index (χ2n) is 15.4. The third kappa shape index (κ3) is 6.24. The Balaban J connectivity index is 0.00000231. The van der Waals surface area contributed by atoms with Gasteiger partial charge in [-0.1, -0.05) is 97.1 Å². The van der Waals surface area contributed by atoms with Crippen LogP contribution in [-0.2, 0) is 26.2 Å². The summed E-state index contributed by atoms with van der Waals surface area (Å²) in [7, 11) is 0. The van der Waals surface area contributed by atoms with Gasteiger partial charge >= 0.3 is 0 Å². The molecule has 0 fully saturated rings. The molecule has 10 aromatic rings. The molecule has 0 aliphatic carbocycles. The fourth-order valence-electron chi connectivity index (χ4n) is 9.11. The summed E-state index contributed by atoms with van der Waals surface area (Å²) in [5.41, 5.74) is 5.17. The SMILES string of the molecule is Oc1c2cc3ccccc3c1-c1c(O)c(cc3ccccc13)C[n+]1ccn(c1)Cc1cc3ccccc3c(c1O)-c1c(O)c(cc3ccccc13)C[n+]1ccn(c1)C2.[Cl-].[Cl-]. The lowest BCUT2D eigenvalue weighted by atomic mass is 9.88. The summed E-state index contributed by atoms with van der Waals surface area (Å²) in [5, 5.41) is 56.4. The average molecular weight is 830 g/mol. The Hall–Kier alpha value is -7.00. The average Bonchev–Trinajstić information content (AvgIpc) is 3.88. The number of aromatic nitrogens is 4. The Kier molecular flexibility index (Phi) is 9.62. The van der Waals surface area contributed by atoms with E-state index in [4.69, 9.17) is 0 Å². The summed E-state index contributed by atoms with van der Waals surface area (Å²) in [4.78, 5) is 0. The molecule has 1 aliphatic heterocycles. The smallest absolute Gasteiger partial charge is 0.244 e. The highest BCUT2D eigenvalue weighted by atomic mass is 35.5. The van der Waals surface area contributed by atoms with E-state index < -0.39 is 0 Å². The first kappa shape index (κ1) is 38.5. The van der Waals surface area contributed by atoms with Crippen LogP contribution in [0.5, 0.6) is 23.0 Å². The van der Waals surface area contributed by atoms with Gasteiger partial charge in [0.15, 0.2) is 0 Å². The molecule has 12 bridgehead atoms. The Bertz CT molecular complexity index is 2880. The molecule has 8 nitrogen and oxygen atoms in total. The number of phenols is 4. The maximum absolute atomic E-state index is 12.3. The monoisotopic (exact) mass is 828 g/mol. The Labute approximate surface area is 357 Å². The predicted molar refractivity (Wildman–Crippen MR) is 226 cm³/mol. The van der Waals surface area contributed by atoms with Crippen LogP contribution in [-0.4, -0.2) is 29.6 Å². The first-order valence-corrected chi connectivity index (χ1v) is 19.4. The van der Waals surface area contributed by atoms with Gasteiger partial charge in [-0.2, -0.15) is 0 Å². The van der Waals surface area contributed by atoms with Crippen molar-refractivity contribution in [2.75, 3.05) is 0 Å². The van der Waals surface area contributed by atoms with Crippen molar-refractivity contribution in [2.24, 2.45) is 0 Å². The van der Waals surface area contributed by atoms with Crippen molar-refractivity contribution in [3.05, 3.63) is 181 Å². The fraction of sp³-hybridized carbons (Fsp3) is 0.0800. The van der Waals surface area contributed by atoms with E-state index >= 15 is 0 Å². The second kappa shape index (κ2) is 15.0. The lowest BCUT2D eigenvalue weighted by Gasteiger charge is -2.19. The van der Waals surface area contributed by atoms with Gasteiger partial charge in [0, 0.05) is 44.5 Å². The van der Waals surface area contributed by atoms with Crippen LogP contribution in [0.1, 0.15) is 22.3 Å². The predicted octanol–water partition coefficient (Wildman–Crippen LogP) is 3.15. The highest BCUT2D eigenvalue weighted by molar-refractivity contribution is 6.12. The summed E-state index contributed by atoms with van der Waals surface area (Å²) < 4.78 is 8.04. The van der Waals surface area contributed by atoms with Crippen LogP contribution < -0.4 is 33.9 Å². The number of fused-ring (bicyclic) bond motifs is 22. The summed E-state index contributed by atoms with van der Waals surface area (Å²) in [6.45, 7) is 1.44. The molecular weight excluding hydrogens is 791 g/mol. The number of aromatic hydroxyl groups is 4. The van der Waals surface area contributed by atoms with E-state index in [1.165, 1.54) is 0 Å². The molecule has 1 aliphatic rings. The van der Waals surface area contributed by atoms with Crippen molar-refractivity contribution >= 4 is 43.1 Å². The van der Waals surface area contributed by atoms with E-state index in [1.54, 1.807) is 0 Å². The standard InChI is InChI=1S/C50H36N4O4.2ClH/c55-47-35-21-31-9-1-5-13-39(31)43(47)44-40-14-6-2-10-32(40)22-36(48(44)56)26-53-19-20-54(30-53)28-38-24-34-12-4-8-16-42(34)46(50(38)58)45-41-15-7-3-11-33(41)23-37(49(45)57)27-52-18-17-51(25-35)29-52;;/h1-24,29-30H,25-28H2,(H2-2,55,56,57,58);2*1H. The van der Waals surface area contributed by atoms with Crippen molar-refractivity contribution in [2.45, 2.75) is 26.2 Å². The molecule has 0 saturated carbocycles. The lowest BCUT2D eigenvalue weighted by molar-refractivity contribution is -0.688.